The molecule has 3 aromatic carbocycles. The van der Waals surface area contributed by atoms with Gasteiger partial charge in [-0.2, -0.15) is 0 Å². The fraction of sp³-hybridized carbons (Fsp3) is 0.286. The first-order valence-corrected chi connectivity index (χ1v) is 13.1. The molecule has 0 spiro atoms. The third-order valence-electron chi connectivity index (χ3n) is 6.98. The van der Waals surface area contributed by atoms with Crippen molar-refractivity contribution < 1.29 is 19.7 Å². The maximum atomic E-state index is 12.0. The van der Waals surface area contributed by atoms with Crippen LogP contribution in [0.25, 0.3) is 22.8 Å². The molecule has 4 rings (SSSR count). The molecule has 0 heterocycles. The van der Waals surface area contributed by atoms with Crippen LogP contribution in [0.15, 0.2) is 48.5 Å². The molecule has 0 N–H and O–H groups in total. The summed E-state index contributed by atoms with van der Waals surface area (Å²) in [6, 6.07) is 11.1. The average molecular weight is 562 g/mol. The van der Waals surface area contributed by atoms with E-state index in [1.807, 2.05) is 24.3 Å². The van der Waals surface area contributed by atoms with Crippen molar-refractivity contribution in [2.75, 3.05) is 18.0 Å². The number of nitro groups is 4. The van der Waals surface area contributed by atoms with E-state index in [4.69, 9.17) is 0 Å². The number of hydrogen-bond acceptors (Lipinski definition) is 9. The molecule has 13 nitrogen and oxygen atoms in total. The van der Waals surface area contributed by atoms with E-state index >= 15 is 0 Å². The molecule has 0 fully saturated rings. The van der Waals surface area contributed by atoms with E-state index in [9.17, 15) is 40.5 Å². The Balaban J connectivity index is 1.95. The van der Waals surface area contributed by atoms with Crippen molar-refractivity contribution in [2.45, 2.75) is 39.5 Å². The predicted octanol–water partition coefficient (Wildman–Crippen LogP) is 7.30. The molecule has 0 bridgehead atoms. The van der Waals surface area contributed by atoms with Crippen LogP contribution in [0.1, 0.15) is 56.2 Å². The Morgan fingerprint density at radius 2 is 1.10 bits per heavy atom. The fourth-order valence-electron chi connectivity index (χ4n) is 4.99. The van der Waals surface area contributed by atoms with Crippen molar-refractivity contribution >= 4 is 40.1 Å². The van der Waals surface area contributed by atoms with E-state index in [1.165, 1.54) is 0 Å². The molecule has 13 heteroatoms. The normalized spacial score (nSPS) is 11.5. The van der Waals surface area contributed by atoms with E-state index in [1.54, 1.807) is 6.08 Å². The summed E-state index contributed by atoms with van der Waals surface area (Å²) >= 11 is 0. The van der Waals surface area contributed by atoms with Gasteiger partial charge in [0, 0.05) is 42.0 Å². The highest BCUT2D eigenvalue weighted by Crippen LogP contribution is 2.54. The molecule has 3 aromatic rings. The number of nitro benzene ring substituents is 4. The smallest absolute Gasteiger partial charge is 0.284 e. The van der Waals surface area contributed by atoms with Crippen molar-refractivity contribution in [3.63, 3.8) is 0 Å². The monoisotopic (exact) mass is 561 g/mol. The number of non-ortho nitro benzene ring substituents is 2. The Morgan fingerprint density at radius 1 is 0.659 bits per heavy atom. The zero-order valence-corrected chi connectivity index (χ0v) is 22.4. The second kappa shape index (κ2) is 11.9. The Morgan fingerprint density at radius 3 is 1.46 bits per heavy atom. The fourth-order valence-corrected chi connectivity index (χ4v) is 4.99. The molecule has 1 aliphatic carbocycles. The topological polar surface area (TPSA) is 176 Å². The van der Waals surface area contributed by atoms with Crippen LogP contribution in [0.3, 0.4) is 0 Å². The highest BCUT2D eigenvalue weighted by Gasteiger charge is 2.40. The van der Waals surface area contributed by atoms with Crippen LogP contribution < -0.4 is 4.90 Å². The minimum Gasteiger partial charge on any atom is -0.372 e. The van der Waals surface area contributed by atoms with Crippen molar-refractivity contribution in [1.29, 1.82) is 0 Å². The number of fused-ring (bicyclic) bond motifs is 3. The van der Waals surface area contributed by atoms with E-state index < -0.39 is 42.4 Å². The molecule has 0 amide bonds. The van der Waals surface area contributed by atoms with Gasteiger partial charge in [-0.15, -0.1) is 0 Å². The van der Waals surface area contributed by atoms with E-state index in [2.05, 4.69) is 18.7 Å². The number of anilines is 1. The maximum Gasteiger partial charge on any atom is 0.284 e. The lowest BCUT2D eigenvalue weighted by atomic mass is 9.99. The first-order chi connectivity index (χ1) is 19.6. The molecular formula is C28H27N5O8. The Bertz CT molecular complexity index is 1490. The third-order valence-corrected chi connectivity index (χ3v) is 6.98. The summed E-state index contributed by atoms with van der Waals surface area (Å²) in [4.78, 5) is 46.3. The Hall–Kier alpha value is -5.20. The quantitative estimate of drug-likeness (QED) is 0.127. The minimum absolute atomic E-state index is 0.0149. The van der Waals surface area contributed by atoms with Crippen LogP contribution in [0.5, 0.6) is 0 Å². The minimum atomic E-state index is -0.848. The van der Waals surface area contributed by atoms with Crippen LogP contribution in [0.2, 0.25) is 0 Å². The van der Waals surface area contributed by atoms with Gasteiger partial charge in [-0.3, -0.25) is 40.5 Å². The second-order valence-electron chi connectivity index (χ2n) is 9.65. The summed E-state index contributed by atoms with van der Waals surface area (Å²) in [5.74, 6) is 0. The van der Waals surface area contributed by atoms with Crippen molar-refractivity contribution in [3.8, 4) is 11.1 Å². The number of hydrogen-bond donors (Lipinski definition) is 0. The lowest BCUT2D eigenvalue weighted by molar-refractivity contribution is -0.395. The number of rotatable bonds is 12. The summed E-state index contributed by atoms with van der Waals surface area (Å²) in [5.41, 5.74) is -1.13. The van der Waals surface area contributed by atoms with E-state index in [0.717, 1.165) is 68.7 Å². The molecule has 0 aromatic heterocycles. The van der Waals surface area contributed by atoms with Gasteiger partial charge < -0.3 is 4.90 Å². The summed E-state index contributed by atoms with van der Waals surface area (Å²) in [7, 11) is 0. The van der Waals surface area contributed by atoms with Crippen LogP contribution in [0, 0.1) is 40.5 Å². The Labute approximate surface area is 234 Å². The summed E-state index contributed by atoms with van der Waals surface area (Å²) in [6.45, 7) is 6.01. The maximum absolute atomic E-state index is 12.0. The molecule has 1 aliphatic rings. The first-order valence-electron chi connectivity index (χ1n) is 13.1. The van der Waals surface area contributed by atoms with Gasteiger partial charge in [0.05, 0.1) is 43.0 Å². The molecule has 41 heavy (non-hydrogen) atoms. The van der Waals surface area contributed by atoms with Gasteiger partial charge in [-0.05, 0) is 42.2 Å². The largest absolute Gasteiger partial charge is 0.372 e. The SMILES string of the molecule is CCCCN(CCCC)c1ccc(C=C2c3cc([N+](=O)[O-])cc([N+](=O)[O-])c3-c3c2cc([N+](=O)[O-])cc3[N+](=O)[O-])cc1. The number of nitrogens with zero attached hydrogens (tertiary/aromatic N) is 5. The van der Waals surface area contributed by atoms with Gasteiger partial charge in [-0.25, -0.2) is 0 Å². The molecule has 0 radical (unpaired) electrons. The molecule has 0 saturated carbocycles. The van der Waals surface area contributed by atoms with Crippen LogP contribution >= 0.6 is 0 Å². The summed E-state index contributed by atoms with van der Waals surface area (Å²) in [6.07, 6.45) is 5.72. The van der Waals surface area contributed by atoms with Crippen molar-refractivity contribution in [2.24, 2.45) is 0 Å². The molecule has 0 atom stereocenters. The molecule has 212 valence electrons. The van der Waals surface area contributed by atoms with Gasteiger partial charge >= 0.3 is 0 Å². The summed E-state index contributed by atoms with van der Waals surface area (Å²) in [5, 5.41) is 47.3. The zero-order valence-electron chi connectivity index (χ0n) is 22.4. The Kier molecular flexibility index (Phi) is 8.36. The van der Waals surface area contributed by atoms with Crippen LogP contribution in [-0.4, -0.2) is 32.8 Å². The van der Waals surface area contributed by atoms with E-state index in [0.29, 0.717) is 5.56 Å². The van der Waals surface area contributed by atoms with Gasteiger partial charge in [0.25, 0.3) is 22.7 Å². The van der Waals surface area contributed by atoms with Crippen molar-refractivity contribution in [1.82, 2.24) is 0 Å². The van der Waals surface area contributed by atoms with Gasteiger partial charge in [-0.1, -0.05) is 38.8 Å². The average Bonchev–Trinajstić information content (AvgIpc) is 3.25. The second-order valence-corrected chi connectivity index (χ2v) is 9.65. The molecule has 0 aliphatic heterocycles. The molecular weight excluding hydrogens is 534 g/mol. The molecule has 0 saturated heterocycles. The predicted molar refractivity (Wildman–Crippen MR) is 154 cm³/mol. The zero-order chi connectivity index (χ0) is 29.8. The third kappa shape index (κ3) is 5.73. The highest BCUT2D eigenvalue weighted by atomic mass is 16.6. The highest BCUT2D eigenvalue weighted by molar-refractivity contribution is 6.12. The van der Waals surface area contributed by atoms with E-state index in [-0.39, 0.29) is 27.8 Å². The van der Waals surface area contributed by atoms with Crippen molar-refractivity contribution in [3.05, 3.63) is 106 Å². The first kappa shape index (κ1) is 28.8. The standard InChI is InChI=1S/C28H27N5O8/c1-3-5-11-29(12-6-4-2)19-9-7-18(8-10-19)13-22-23-14-20(30(34)35)16-25(32(38)39)27(23)28-24(22)15-21(31(36)37)17-26(28)33(40)41/h7-10,13-17H,3-6,11-12H2,1-2H3. The summed E-state index contributed by atoms with van der Waals surface area (Å²) < 4.78 is 0. The lowest BCUT2D eigenvalue weighted by Crippen LogP contribution is -2.25. The van der Waals surface area contributed by atoms with Gasteiger partial charge in [0.2, 0.25) is 0 Å². The number of unbranched alkanes of at least 4 members (excludes halogenated alkanes) is 2. The lowest BCUT2D eigenvalue weighted by Gasteiger charge is -2.24. The number of benzene rings is 3. The van der Waals surface area contributed by atoms with Crippen LogP contribution in [0.4, 0.5) is 28.4 Å². The van der Waals surface area contributed by atoms with Crippen LogP contribution in [-0.2, 0) is 0 Å². The van der Waals surface area contributed by atoms with Gasteiger partial charge in [0.1, 0.15) is 0 Å². The van der Waals surface area contributed by atoms with Gasteiger partial charge in [0.15, 0.2) is 0 Å². The molecule has 0 unspecified atom stereocenters.